The average Bonchev–Trinajstić information content (AvgIpc) is 3.08. The Morgan fingerprint density at radius 1 is 1.24 bits per heavy atom. The molecule has 0 saturated carbocycles. The first-order chi connectivity index (χ1) is 12.0. The van der Waals surface area contributed by atoms with Gasteiger partial charge in [0, 0.05) is 11.6 Å². The third-order valence-electron chi connectivity index (χ3n) is 3.13. The Morgan fingerprint density at radius 2 is 2.00 bits per heavy atom. The van der Waals surface area contributed by atoms with Crippen LogP contribution < -0.4 is 4.84 Å². The SMILES string of the molecule is CCCCC=NOc1ccsc1.Cc1ccc(C(=O)O)cc1C(=O)O. The van der Waals surface area contributed by atoms with Crippen molar-refractivity contribution >= 4 is 29.5 Å². The number of unbranched alkanes of at least 4 members (excludes halogenated alkanes) is 2. The number of rotatable bonds is 7. The number of aryl methyl sites for hydroxylation is 1. The van der Waals surface area contributed by atoms with Gasteiger partial charge in [-0.1, -0.05) is 24.6 Å². The van der Waals surface area contributed by atoms with E-state index >= 15 is 0 Å². The van der Waals surface area contributed by atoms with Gasteiger partial charge in [-0.3, -0.25) is 0 Å². The number of hydrogen-bond donors (Lipinski definition) is 2. The van der Waals surface area contributed by atoms with Crippen molar-refractivity contribution in [1.29, 1.82) is 0 Å². The molecule has 1 heterocycles. The van der Waals surface area contributed by atoms with Gasteiger partial charge in [0.2, 0.25) is 0 Å². The molecule has 0 aliphatic heterocycles. The Labute approximate surface area is 150 Å². The van der Waals surface area contributed by atoms with Crippen LogP contribution in [0.15, 0.2) is 40.2 Å². The molecule has 7 heteroatoms. The predicted molar refractivity (Wildman–Crippen MR) is 98.1 cm³/mol. The number of carboxylic acids is 2. The molecule has 2 N–H and O–H groups in total. The first-order valence-electron chi connectivity index (χ1n) is 7.74. The molecule has 0 bridgehead atoms. The fourth-order valence-electron chi connectivity index (χ4n) is 1.74. The second-order valence-electron chi connectivity index (χ2n) is 5.12. The molecule has 0 saturated heterocycles. The van der Waals surface area contributed by atoms with Crippen molar-refractivity contribution in [3.8, 4) is 5.75 Å². The Balaban J connectivity index is 0.000000251. The van der Waals surface area contributed by atoms with E-state index in [1.165, 1.54) is 25.0 Å². The summed E-state index contributed by atoms with van der Waals surface area (Å²) in [6.07, 6.45) is 5.20. The van der Waals surface area contributed by atoms with Crippen LogP contribution in [-0.2, 0) is 0 Å². The molecule has 1 aromatic carbocycles. The number of benzene rings is 1. The minimum absolute atomic E-state index is 0.0111. The molecule has 134 valence electrons. The van der Waals surface area contributed by atoms with Crippen LogP contribution in [0.4, 0.5) is 0 Å². The number of hydrogen-bond acceptors (Lipinski definition) is 5. The lowest BCUT2D eigenvalue weighted by atomic mass is 10.1. The number of nitrogens with zero attached hydrogens (tertiary/aromatic N) is 1. The molecule has 6 nitrogen and oxygen atoms in total. The second kappa shape index (κ2) is 11.0. The Hall–Kier alpha value is -2.67. The van der Waals surface area contributed by atoms with Crippen LogP contribution >= 0.6 is 11.3 Å². The average molecular weight is 363 g/mol. The Bertz CT molecular complexity index is 710. The number of carboxylic acid groups (broad SMARTS) is 2. The van der Waals surface area contributed by atoms with Crippen molar-refractivity contribution in [3.63, 3.8) is 0 Å². The molecule has 0 aliphatic rings. The van der Waals surface area contributed by atoms with Gasteiger partial charge in [0.25, 0.3) is 0 Å². The third-order valence-corrected chi connectivity index (χ3v) is 3.79. The van der Waals surface area contributed by atoms with Crippen molar-refractivity contribution in [3.05, 3.63) is 51.7 Å². The zero-order valence-electron chi connectivity index (χ0n) is 14.1. The van der Waals surface area contributed by atoms with Crippen molar-refractivity contribution in [1.82, 2.24) is 0 Å². The van der Waals surface area contributed by atoms with Gasteiger partial charge in [-0.15, -0.1) is 11.3 Å². The molecule has 0 radical (unpaired) electrons. The van der Waals surface area contributed by atoms with Gasteiger partial charge in [0.1, 0.15) is 0 Å². The van der Waals surface area contributed by atoms with E-state index in [-0.39, 0.29) is 11.1 Å². The molecule has 1 aromatic heterocycles. The van der Waals surface area contributed by atoms with Crippen molar-refractivity contribution < 1.29 is 24.6 Å². The van der Waals surface area contributed by atoms with Gasteiger partial charge in [0.15, 0.2) is 5.75 Å². The quantitative estimate of drug-likeness (QED) is 0.422. The third kappa shape index (κ3) is 7.63. The van der Waals surface area contributed by atoms with Gasteiger partial charge in [0.05, 0.1) is 11.1 Å². The number of aromatic carboxylic acids is 2. The van der Waals surface area contributed by atoms with E-state index in [9.17, 15) is 9.59 Å². The summed E-state index contributed by atoms with van der Waals surface area (Å²) in [5.74, 6) is -1.41. The Morgan fingerprint density at radius 3 is 2.56 bits per heavy atom. The van der Waals surface area contributed by atoms with Gasteiger partial charge in [-0.25, -0.2) is 9.59 Å². The zero-order valence-corrected chi connectivity index (χ0v) is 15.0. The van der Waals surface area contributed by atoms with E-state index in [0.717, 1.165) is 18.2 Å². The van der Waals surface area contributed by atoms with E-state index in [0.29, 0.717) is 5.56 Å². The molecule has 0 amide bonds. The summed E-state index contributed by atoms with van der Waals surface area (Å²) < 4.78 is 0. The molecule has 2 aromatic rings. The minimum atomic E-state index is -1.12. The lowest BCUT2D eigenvalue weighted by molar-refractivity contribution is 0.0695. The Kier molecular flexibility index (Phi) is 8.95. The van der Waals surface area contributed by atoms with Crippen molar-refractivity contribution in [2.45, 2.75) is 33.1 Å². The summed E-state index contributed by atoms with van der Waals surface area (Å²) in [5, 5.41) is 25.0. The summed E-state index contributed by atoms with van der Waals surface area (Å²) in [6, 6.07) is 5.92. The molecule has 0 unspecified atom stereocenters. The van der Waals surface area contributed by atoms with E-state index in [2.05, 4.69) is 12.1 Å². The highest BCUT2D eigenvalue weighted by molar-refractivity contribution is 7.08. The lowest BCUT2D eigenvalue weighted by Crippen LogP contribution is -2.03. The van der Waals surface area contributed by atoms with Crippen LogP contribution in [0.1, 0.15) is 52.5 Å². The van der Waals surface area contributed by atoms with Crippen molar-refractivity contribution in [2.24, 2.45) is 5.16 Å². The lowest BCUT2D eigenvalue weighted by Gasteiger charge is -2.01. The molecule has 0 spiro atoms. The molecule has 2 rings (SSSR count). The monoisotopic (exact) mass is 363 g/mol. The summed E-state index contributed by atoms with van der Waals surface area (Å²) in [7, 11) is 0. The highest BCUT2D eigenvalue weighted by atomic mass is 32.1. The number of thiophene rings is 1. The van der Waals surface area contributed by atoms with Crippen LogP contribution in [0.2, 0.25) is 0 Å². The summed E-state index contributed by atoms with van der Waals surface area (Å²) in [6.45, 7) is 3.78. The maximum absolute atomic E-state index is 10.6. The summed E-state index contributed by atoms with van der Waals surface area (Å²) in [5.41, 5.74) is 0.570. The van der Waals surface area contributed by atoms with Crippen LogP contribution in [0.25, 0.3) is 0 Å². The topological polar surface area (TPSA) is 96.2 Å². The molecule has 0 atom stereocenters. The largest absolute Gasteiger partial charge is 0.478 e. The van der Waals surface area contributed by atoms with Crippen LogP contribution in [0, 0.1) is 6.92 Å². The van der Waals surface area contributed by atoms with E-state index in [1.54, 1.807) is 18.3 Å². The van der Waals surface area contributed by atoms with Crippen LogP contribution in [-0.4, -0.2) is 28.4 Å². The number of oxime groups is 1. The number of carbonyl (C=O) groups is 2. The zero-order chi connectivity index (χ0) is 18.7. The van der Waals surface area contributed by atoms with Crippen LogP contribution in [0.3, 0.4) is 0 Å². The van der Waals surface area contributed by atoms with Crippen molar-refractivity contribution in [2.75, 3.05) is 0 Å². The summed E-state index contributed by atoms with van der Waals surface area (Å²) in [4.78, 5) is 26.2. The fraction of sp³-hybridized carbons (Fsp3) is 0.278. The molecule has 0 fully saturated rings. The first kappa shape index (κ1) is 20.4. The maximum atomic E-state index is 10.6. The standard InChI is InChI=1S/C9H13NOS.C9H8O4/c1-2-3-4-6-10-11-9-5-7-12-8-9;1-5-2-3-6(8(10)11)4-7(5)9(12)13/h5-8H,2-4H2,1H3;2-4H,1H3,(H,10,11)(H,12,13). The maximum Gasteiger partial charge on any atom is 0.335 e. The van der Waals surface area contributed by atoms with Gasteiger partial charge < -0.3 is 15.1 Å². The fourth-order valence-corrected chi connectivity index (χ4v) is 2.28. The molecule has 25 heavy (non-hydrogen) atoms. The molecular weight excluding hydrogens is 342 g/mol. The smallest absolute Gasteiger partial charge is 0.335 e. The van der Waals surface area contributed by atoms with Gasteiger partial charge >= 0.3 is 11.9 Å². The van der Waals surface area contributed by atoms with E-state index in [1.807, 2.05) is 23.0 Å². The minimum Gasteiger partial charge on any atom is -0.478 e. The first-order valence-corrected chi connectivity index (χ1v) is 8.68. The highest BCUT2D eigenvalue weighted by Crippen LogP contribution is 2.14. The van der Waals surface area contributed by atoms with Gasteiger partial charge in [-0.05, 0) is 48.9 Å². The summed E-state index contributed by atoms with van der Waals surface area (Å²) >= 11 is 1.61. The normalized spacial score (nSPS) is 10.2. The predicted octanol–water partition coefficient (Wildman–Crippen LogP) is 4.69. The molecule has 0 aliphatic carbocycles. The van der Waals surface area contributed by atoms with Crippen LogP contribution in [0.5, 0.6) is 5.75 Å². The van der Waals surface area contributed by atoms with Gasteiger partial charge in [-0.2, -0.15) is 0 Å². The highest BCUT2D eigenvalue weighted by Gasteiger charge is 2.10. The van der Waals surface area contributed by atoms with E-state index < -0.39 is 11.9 Å². The van der Waals surface area contributed by atoms with E-state index in [4.69, 9.17) is 15.1 Å². The second-order valence-corrected chi connectivity index (χ2v) is 5.90. The molecular formula is C18H21NO5S.